The Labute approximate surface area is 187 Å². The van der Waals surface area contributed by atoms with Crippen LogP contribution in [0, 0.1) is 6.92 Å². The van der Waals surface area contributed by atoms with E-state index in [9.17, 15) is 4.79 Å². The zero-order valence-electron chi connectivity index (χ0n) is 18.6. The Kier molecular flexibility index (Phi) is 6.07. The molecule has 0 unspecified atom stereocenters. The van der Waals surface area contributed by atoms with E-state index < -0.39 is 0 Å². The number of benzene rings is 3. The smallest absolute Gasteiger partial charge is 0.262 e. The van der Waals surface area contributed by atoms with E-state index in [1.165, 1.54) is 5.56 Å². The summed E-state index contributed by atoms with van der Waals surface area (Å²) < 4.78 is 10.7. The lowest BCUT2D eigenvalue weighted by atomic mass is 10.0. The Balaban J connectivity index is 1.46. The molecule has 0 spiro atoms. The molecule has 7 heteroatoms. The number of amides is 1. The Hall–Kier alpha value is -3.87. The van der Waals surface area contributed by atoms with Gasteiger partial charge in [0.05, 0.1) is 12.8 Å². The van der Waals surface area contributed by atoms with Crippen LogP contribution < -0.4 is 14.8 Å². The fourth-order valence-electron chi connectivity index (χ4n) is 3.32. The Bertz CT molecular complexity index is 1230. The van der Waals surface area contributed by atoms with Gasteiger partial charge in [0.1, 0.15) is 22.5 Å². The molecule has 4 aromatic rings. The Morgan fingerprint density at radius 3 is 2.22 bits per heavy atom. The van der Waals surface area contributed by atoms with Crippen LogP contribution in [0.5, 0.6) is 11.5 Å². The molecule has 0 bridgehead atoms. The Morgan fingerprint density at radius 1 is 0.969 bits per heavy atom. The van der Waals surface area contributed by atoms with Crippen LogP contribution in [-0.2, 0) is 4.79 Å². The number of rotatable bonds is 7. The van der Waals surface area contributed by atoms with E-state index in [4.69, 9.17) is 9.47 Å². The molecule has 0 aliphatic rings. The SMILES string of the molecule is COc1ccc(OCC(=O)Nc2cc3nn(-c4ccc(C(C)C)cc4)nc3cc2C)cc1. The lowest BCUT2D eigenvalue weighted by Crippen LogP contribution is -2.20. The zero-order valence-corrected chi connectivity index (χ0v) is 18.6. The molecule has 0 atom stereocenters. The van der Waals surface area contributed by atoms with E-state index >= 15 is 0 Å². The van der Waals surface area contributed by atoms with Crippen LogP contribution in [0.3, 0.4) is 0 Å². The van der Waals surface area contributed by atoms with E-state index in [1.807, 2.05) is 31.2 Å². The van der Waals surface area contributed by atoms with Gasteiger partial charge in [0.15, 0.2) is 6.61 Å². The van der Waals surface area contributed by atoms with E-state index in [1.54, 1.807) is 36.2 Å². The Morgan fingerprint density at radius 2 is 1.59 bits per heavy atom. The summed E-state index contributed by atoms with van der Waals surface area (Å²) in [5, 5.41) is 12.1. The van der Waals surface area contributed by atoms with Crippen LogP contribution in [0.4, 0.5) is 5.69 Å². The average Bonchev–Trinajstić information content (AvgIpc) is 3.21. The number of carbonyl (C=O) groups excluding carboxylic acids is 1. The van der Waals surface area contributed by atoms with Crippen molar-refractivity contribution in [1.82, 2.24) is 15.0 Å². The number of ether oxygens (including phenoxy) is 2. The number of hydrogen-bond donors (Lipinski definition) is 1. The number of aryl methyl sites for hydroxylation is 1. The first-order chi connectivity index (χ1) is 15.4. The highest BCUT2D eigenvalue weighted by atomic mass is 16.5. The molecule has 7 nitrogen and oxygen atoms in total. The van der Waals surface area contributed by atoms with Crippen molar-refractivity contribution >= 4 is 22.6 Å². The van der Waals surface area contributed by atoms with E-state index in [-0.39, 0.29) is 12.5 Å². The molecule has 1 amide bonds. The molecule has 32 heavy (non-hydrogen) atoms. The molecular weight excluding hydrogens is 404 g/mol. The van der Waals surface area contributed by atoms with Crippen molar-refractivity contribution < 1.29 is 14.3 Å². The molecule has 0 aliphatic heterocycles. The maximum atomic E-state index is 12.4. The summed E-state index contributed by atoms with van der Waals surface area (Å²) in [6, 6.07) is 19.0. The van der Waals surface area contributed by atoms with Gasteiger partial charge in [-0.25, -0.2) is 0 Å². The summed E-state index contributed by atoms with van der Waals surface area (Å²) in [6.07, 6.45) is 0. The summed E-state index contributed by atoms with van der Waals surface area (Å²) >= 11 is 0. The van der Waals surface area contributed by atoms with Crippen LogP contribution in [-0.4, -0.2) is 34.6 Å². The van der Waals surface area contributed by atoms with Gasteiger partial charge < -0.3 is 14.8 Å². The minimum Gasteiger partial charge on any atom is -0.497 e. The van der Waals surface area contributed by atoms with Crippen LogP contribution in [0.2, 0.25) is 0 Å². The molecule has 1 aromatic heterocycles. The fourth-order valence-corrected chi connectivity index (χ4v) is 3.32. The summed E-state index contributed by atoms with van der Waals surface area (Å²) in [7, 11) is 1.60. The van der Waals surface area contributed by atoms with Crippen molar-refractivity contribution in [2.45, 2.75) is 26.7 Å². The first kappa shape index (κ1) is 21.4. The number of nitrogens with zero attached hydrogens (tertiary/aromatic N) is 3. The molecule has 164 valence electrons. The normalized spacial score (nSPS) is 11.0. The summed E-state index contributed by atoms with van der Waals surface area (Å²) in [6.45, 7) is 6.15. The molecule has 1 N–H and O–H groups in total. The van der Waals surface area contributed by atoms with Gasteiger partial charge in [-0.1, -0.05) is 26.0 Å². The molecule has 0 saturated heterocycles. The number of methoxy groups -OCH3 is 1. The van der Waals surface area contributed by atoms with Gasteiger partial charge in [-0.3, -0.25) is 4.79 Å². The van der Waals surface area contributed by atoms with Crippen molar-refractivity contribution in [2.24, 2.45) is 0 Å². The zero-order chi connectivity index (χ0) is 22.7. The molecular formula is C25H26N4O3. The van der Waals surface area contributed by atoms with Crippen molar-refractivity contribution in [2.75, 3.05) is 19.0 Å². The third kappa shape index (κ3) is 4.72. The van der Waals surface area contributed by atoms with Crippen LogP contribution >= 0.6 is 0 Å². The second-order valence-corrected chi connectivity index (χ2v) is 7.90. The second-order valence-electron chi connectivity index (χ2n) is 7.90. The molecule has 0 saturated carbocycles. The maximum absolute atomic E-state index is 12.4. The quantitative estimate of drug-likeness (QED) is 0.452. The van der Waals surface area contributed by atoms with Crippen molar-refractivity contribution in [3.8, 4) is 17.2 Å². The predicted octanol–water partition coefficient (Wildman–Crippen LogP) is 4.88. The summed E-state index contributed by atoms with van der Waals surface area (Å²) in [5.74, 6) is 1.55. The minimum atomic E-state index is -0.250. The fraction of sp³-hybridized carbons (Fsp3) is 0.240. The standard InChI is InChI=1S/C25H26N4O3/c1-16(2)18-5-7-19(8-6-18)29-27-23-13-17(3)22(14-24(23)28-29)26-25(30)15-32-21-11-9-20(31-4)10-12-21/h5-14,16H,15H2,1-4H3,(H,26,30). The van der Waals surface area contributed by atoms with E-state index in [0.29, 0.717) is 22.9 Å². The largest absolute Gasteiger partial charge is 0.497 e. The third-order valence-corrected chi connectivity index (χ3v) is 5.22. The minimum absolute atomic E-state index is 0.0985. The first-order valence-corrected chi connectivity index (χ1v) is 10.5. The topological polar surface area (TPSA) is 78.3 Å². The van der Waals surface area contributed by atoms with Crippen molar-refractivity contribution in [1.29, 1.82) is 0 Å². The molecule has 1 heterocycles. The van der Waals surface area contributed by atoms with Gasteiger partial charge in [-0.15, -0.1) is 10.2 Å². The maximum Gasteiger partial charge on any atom is 0.262 e. The van der Waals surface area contributed by atoms with Crippen LogP contribution in [0.15, 0.2) is 60.7 Å². The third-order valence-electron chi connectivity index (χ3n) is 5.22. The van der Waals surface area contributed by atoms with Gasteiger partial charge in [0.2, 0.25) is 0 Å². The van der Waals surface area contributed by atoms with Crippen molar-refractivity contribution in [3.63, 3.8) is 0 Å². The van der Waals surface area contributed by atoms with Gasteiger partial charge in [0, 0.05) is 5.69 Å². The second kappa shape index (κ2) is 9.09. The van der Waals surface area contributed by atoms with Crippen LogP contribution in [0.1, 0.15) is 30.9 Å². The molecule has 3 aromatic carbocycles. The van der Waals surface area contributed by atoms with Gasteiger partial charge in [-0.05, 0) is 72.5 Å². The van der Waals surface area contributed by atoms with E-state index in [0.717, 1.165) is 22.5 Å². The predicted molar refractivity (Wildman–Crippen MR) is 125 cm³/mol. The van der Waals surface area contributed by atoms with Gasteiger partial charge >= 0.3 is 0 Å². The highest BCUT2D eigenvalue weighted by molar-refractivity contribution is 5.95. The average molecular weight is 431 g/mol. The van der Waals surface area contributed by atoms with Crippen LogP contribution in [0.25, 0.3) is 16.7 Å². The first-order valence-electron chi connectivity index (χ1n) is 10.5. The van der Waals surface area contributed by atoms with E-state index in [2.05, 4.69) is 41.5 Å². The lowest BCUT2D eigenvalue weighted by Gasteiger charge is -2.10. The van der Waals surface area contributed by atoms with Crippen molar-refractivity contribution in [3.05, 3.63) is 71.8 Å². The summed E-state index contributed by atoms with van der Waals surface area (Å²) in [5.41, 5.74) is 5.21. The molecule has 0 aliphatic carbocycles. The number of hydrogen-bond acceptors (Lipinski definition) is 5. The number of nitrogens with one attached hydrogen (secondary N) is 1. The number of carbonyl (C=O) groups is 1. The molecule has 4 rings (SSSR count). The number of fused-ring (bicyclic) bond motifs is 1. The molecule has 0 fully saturated rings. The lowest BCUT2D eigenvalue weighted by molar-refractivity contribution is -0.118. The number of anilines is 1. The van der Waals surface area contributed by atoms with Gasteiger partial charge in [-0.2, -0.15) is 4.80 Å². The highest BCUT2D eigenvalue weighted by Crippen LogP contribution is 2.23. The van der Waals surface area contributed by atoms with Gasteiger partial charge in [0.25, 0.3) is 5.91 Å². The number of aromatic nitrogens is 3. The monoisotopic (exact) mass is 430 g/mol. The summed E-state index contributed by atoms with van der Waals surface area (Å²) in [4.78, 5) is 14.0. The highest BCUT2D eigenvalue weighted by Gasteiger charge is 2.12. The molecule has 0 radical (unpaired) electrons.